The van der Waals surface area contributed by atoms with Crippen LogP contribution in [0.25, 0.3) is 0 Å². The Morgan fingerprint density at radius 1 is 1.16 bits per heavy atom. The molecule has 1 heterocycles. The van der Waals surface area contributed by atoms with Gasteiger partial charge in [-0.05, 0) is 37.6 Å². The van der Waals surface area contributed by atoms with Crippen LogP contribution in [0.15, 0.2) is 30.6 Å². The number of rotatable bonds is 4. The van der Waals surface area contributed by atoms with Crippen LogP contribution in [0.1, 0.15) is 28.4 Å². The van der Waals surface area contributed by atoms with Gasteiger partial charge in [0.1, 0.15) is 5.69 Å². The molecule has 0 aliphatic carbocycles. The molecule has 0 spiro atoms. The van der Waals surface area contributed by atoms with Crippen molar-refractivity contribution < 1.29 is 4.74 Å². The van der Waals surface area contributed by atoms with Crippen LogP contribution in [0.3, 0.4) is 0 Å². The van der Waals surface area contributed by atoms with Crippen molar-refractivity contribution in [1.82, 2.24) is 15.3 Å². The molecule has 0 aliphatic heterocycles. The van der Waals surface area contributed by atoms with Crippen LogP contribution in [0, 0.1) is 13.8 Å². The summed E-state index contributed by atoms with van der Waals surface area (Å²) in [5.74, 6) is 0.558. The zero-order valence-corrected chi connectivity index (χ0v) is 11.8. The SMILES string of the molecule is CNC(c1cccc(C)c1C)c1nccnc1OC. The molecule has 1 N–H and O–H groups in total. The largest absolute Gasteiger partial charge is 0.480 e. The smallest absolute Gasteiger partial charge is 0.237 e. The van der Waals surface area contributed by atoms with E-state index in [0.717, 1.165) is 5.69 Å². The molecule has 2 rings (SSSR count). The molecule has 1 unspecified atom stereocenters. The summed E-state index contributed by atoms with van der Waals surface area (Å²) in [6.45, 7) is 4.23. The molecule has 1 aromatic heterocycles. The van der Waals surface area contributed by atoms with Gasteiger partial charge in [0, 0.05) is 12.4 Å². The second kappa shape index (κ2) is 5.80. The summed E-state index contributed by atoms with van der Waals surface area (Å²) in [6.07, 6.45) is 3.32. The van der Waals surface area contributed by atoms with Gasteiger partial charge in [-0.3, -0.25) is 4.98 Å². The van der Waals surface area contributed by atoms with Gasteiger partial charge in [0.15, 0.2) is 0 Å². The van der Waals surface area contributed by atoms with Crippen LogP contribution in [0.2, 0.25) is 0 Å². The maximum absolute atomic E-state index is 5.31. The first kappa shape index (κ1) is 13.5. The maximum Gasteiger partial charge on any atom is 0.237 e. The summed E-state index contributed by atoms with van der Waals surface area (Å²) in [4.78, 5) is 8.64. The summed E-state index contributed by atoms with van der Waals surface area (Å²) < 4.78 is 5.31. The predicted octanol–water partition coefficient (Wildman–Crippen LogP) is 2.41. The second-order valence-electron chi connectivity index (χ2n) is 4.46. The first-order chi connectivity index (χ1) is 9.19. The van der Waals surface area contributed by atoms with Gasteiger partial charge in [0.25, 0.3) is 0 Å². The monoisotopic (exact) mass is 257 g/mol. The molecule has 0 radical (unpaired) electrons. The van der Waals surface area contributed by atoms with Crippen molar-refractivity contribution in [2.75, 3.05) is 14.2 Å². The first-order valence-corrected chi connectivity index (χ1v) is 6.27. The maximum atomic E-state index is 5.31. The van der Waals surface area contributed by atoms with Gasteiger partial charge in [-0.1, -0.05) is 18.2 Å². The van der Waals surface area contributed by atoms with Gasteiger partial charge in [0.05, 0.1) is 13.2 Å². The zero-order chi connectivity index (χ0) is 13.8. The number of aryl methyl sites for hydroxylation is 1. The average Bonchev–Trinajstić information content (AvgIpc) is 2.45. The quantitative estimate of drug-likeness (QED) is 0.913. The number of benzene rings is 1. The van der Waals surface area contributed by atoms with E-state index in [4.69, 9.17) is 4.74 Å². The minimum atomic E-state index is -0.0245. The molecule has 1 aromatic carbocycles. The standard InChI is InChI=1S/C15H19N3O/c1-10-6-5-7-12(11(10)2)13(16-3)14-15(19-4)18-9-8-17-14/h5-9,13,16H,1-4H3. The average molecular weight is 257 g/mol. The Bertz CT molecular complexity index is 569. The number of aromatic nitrogens is 2. The number of nitrogens with one attached hydrogen (secondary N) is 1. The van der Waals surface area contributed by atoms with Crippen molar-refractivity contribution >= 4 is 0 Å². The van der Waals surface area contributed by atoms with E-state index in [9.17, 15) is 0 Å². The van der Waals surface area contributed by atoms with E-state index in [0.29, 0.717) is 5.88 Å². The van der Waals surface area contributed by atoms with Gasteiger partial charge >= 0.3 is 0 Å². The minimum Gasteiger partial charge on any atom is -0.480 e. The molecule has 0 bridgehead atoms. The van der Waals surface area contributed by atoms with Crippen molar-refractivity contribution in [3.8, 4) is 5.88 Å². The van der Waals surface area contributed by atoms with Gasteiger partial charge in [0.2, 0.25) is 5.88 Å². The van der Waals surface area contributed by atoms with E-state index in [2.05, 4.69) is 47.3 Å². The Morgan fingerprint density at radius 3 is 2.58 bits per heavy atom. The van der Waals surface area contributed by atoms with Gasteiger partial charge in [-0.2, -0.15) is 0 Å². The summed E-state index contributed by atoms with van der Waals surface area (Å²) >= 11 is 0. The Labute approximate surface area is 113 Å². The van der Waals surface area contributed by atoms with E-state index < -0.39 is 0 Å². The van der Waals surface area contributed by atoms with Crippen LogP contribution < -0.4 is 10.1 Å². The normalized spacial score (nSPS) is 12.2. The summed E-state index contributed by atoms with van der Waals surface area (Å²) in [6, 6.07) is 6.26. The van der Waals surface area contributed by atoms with Gasteiger partial charge < -0.3 is 10.1 Å². The highest BCUT2D eigenvalue weighted by atomic mass is 16.5. The predicted molar refractivity (Wildman–Crippen MR) is 75.4 cm³/mol. The molecular formula is C15H19N3O. The van der Waals surface area contributed by atoms with E-state index in [-0.39, 0.29) is 6.04 Å². The van der Waals surface area contributed by atoms with Crippen molar-refractivity contribution in [2.24, 2.45) is 0 Å². The fourth-order valence-corrected chi connectivity index (χ4v) is 2.22. The Hall–Kier alpha value is -1.94. The van der Waals surface area contributed by atoms with Crippen LogP contribution in [-0.2, 0) is 0 Å². The lowest BCUT2D eigenvalue weighted by Gasteiger charge is -2.20. The molecule has 4 nitrogen and oxygen atoms in total. The van der Waals surface area contributed by atoms with E-state index in [1.54, 1.807) is 19.5 Å². The molecular weight excluding hydrogens is 238 g/mol. The lowest BCUT2D eigenvalue weighted by molar-refractivity contribution is 0.384. The third kappa shape index (κ3) is 2.58. The second-order valence-corrected chi connectivity index (χ2v) is 4.46. The molecule has 0 fully saturated rings. The third-order valence-electron chi connectivity index (χ3n) is 3.40. The summed E-state index contributed by atoms with van der Waals surface area (Å²) in [5.41, 5.74) is 4.53. The summed E-state index contributed by atoms with van der Waals surface area (Å²) in [5, 5.41) is 3.29. The van der Waals surface area contributed by atoms with E-state index in [1.807, 2.05) is 7.05 Å². The molecule has 100 valence electrons. The van der Waals surface area contributed by atoms with Crippen LogP contribution >= 0.6 is 0 Å². The first-order valence-electron chi connectivity index (χ1n) is 6.27. The topological polar surface area (TPSA) is 47.0 Å². The fourth-order valence-electron chi connectivity index (χ4n) is 2.22. The Balaban J connectivity index is 2.53. The van der Waals surface area contributed by atoms with E-state index >= 15 is 0 Å². The van der Waals surface area contributed by atoms with Gasteiger partial charge in [-0.15, -0.1) is 0 Å². The molecule has 0 aliphatic rings. The Kier molecular flexibility index (Phi) is 4.12. The summed E-state index contributed by atoms with van der Waals surface area (Å²) in [7, 11) is 3.53. The van der Waals surface area contributed by atoms with Crippen LogP contribution in [0.5, 0.6) is 5.88 Å². The van der Waals surface area contributed by atoms with E-state index in [1.165, 1.54) is 16.7 Å². The highest BCUT2D eigenvalue weighted by molar-refractivity contribution is 5.40. The number of hydrogen-bond acceptors (Lipinski definition) is 4. The number of nitrogens with zero attached hydrogens (tertiary/aromatic N) is 2. The number of hydrogen-bond donors (Lipinski definition) is 1. The van der Waals surface area contributed by atoms with Crippen molar-refractivity contribution in [1.29, 1.82) is 0 Å². The molecule has 1 atom stereocenters. The molecule has 0 amide bonds. The fraction of sp³-hybridized carbons (Fsp3) is 0.333. The van der Waals surface area contributed by atoms with Crippen LogP contribution in [-0.4, -0.2) is 24.1 Å². The highest BCUT2D eigenvalue weighted by Crippen LogP contribution is 2.29. The molecule has 2 aromatic rings. The minimum absolute atomic E-state index is 0.0245. The molecule has 0 saturated carbocycles. The lowest BCUT2D eigenvalue weighted by Crippen LogP contribution is -2.21. The molecule has 4 heteroatoms. The third-order valence-corrected chi connectivity index (χ3v) is 3.40. The van der Waals surface area contributed by atoms with Crippen molar-refractivity contribution in [3.63, 3.8) is 0 Å². The molecule has 19 heavy (non-hydrogen) atoms. The highest BCUT2D eigenvalue weighted by Gasteiger charge is 2.20. The lowest BCUT2D eigenvalue weighted by atomic mass is 9.95. The van der Waals surface area contributed by atoms with Crippen molar-refractivity contribution in [3.05, 3.63) is 53.0 Å². The van der Waals surface area contributed by atoms with Crippen molar-refractivity contribution in [2.45, 2.75) is 19.9 Å². The van der Waals surface area contributed by atoms with Gasteiger partial charge in [-0.25, -0.2) is 4.98 Å². The van der Waals surface area contributed by atoms with Crippen LogP contribution in [0.4, 0.5) is 0 Å². The molecule has 0 saturated heterocycles. The number of ether oxygens (including phenoxy) is 1. The Morgan fingerprint density at radius 2 is 1.89 bits per heavy atom. The zero-order valence-electron chi connectivity index (χ0n) is 11.8. The number of methoxy groups -OCH3 is 1.